The van der Waals surface area contributed by atoms with Gasteiger partial charge in [-0.2, -0.15) is 4.98 Å². The monoisotopic (exact) mass is 209 g/mol. The van der Waals surface area contributed by atoms with Crippen molar-refractivity contribution in [3.63, 3.8) is 0 Å². The van der Waals surface area contributed by atoms with Crippen LogP contribution >= 0.6 is 0 Å². The van der Waals surface area contributed by atoms with Crippen molar-refractivity contribution in [2.75, 3.05) is 5.73 Å². The van der Waals surface area contributed by atoms with Crippen LogP contribution in [0.15, 0.2) is 11.1 Å². The molecule has 0 saturated heterocycles. The van der Waals surface area contributed by atoms with Crippen LogP contribution in [0, 0.1) is 0 Å². The van der Waals surface area contributed by atoms with Crippen molar-refractivity contribution in [2.45, 2.75) is 13.8 Å². The molecule has 82 valence electrons. The van der Waals surface area contributed by atoms with Crippen molar-refractivity contribution in [2.24, 2.45) is 14.1 Å². The van der Waals surface area contributed by atoms with Gasteiger partial charge in [-0.3, -0.25) is 9.36 Å². The van der Waals surface area contributed by atoms with Gasteiger partial charge in [0.05, 0.1) is 6.33 Å². The smallest absolute Gasteiger partial charge is 0.280 e. The number of nitrogen functional groups attached to an aromatic ring is 1. The van der Waals surface area contributed by atoms with Gasteiger partial charge < -0.3 is 10.3 Å². The molecule has 0 atom stereocenters. The Kier molecular flexibility index (Phi) is 3.08. The second-order valence-corrected chi connectivity index (χ2v) is 2.86. The molecule has 0 saturated carbocycles. The average Bonchev–Trinajstić information content (AvgIpc) is 2.60. The number of anilines is 1. The Hall–Kier alpha value is -1.85. The maximum atomic E-state index is 11.6. The molecule has 2 aromatic heterocycles. The molecular weight excluding hydrogens is 194 g/mol. The standard InChI is InChI=1S/C7H9N5O.C2H6/c1-11-3-9-5-4(11)6(13)12(2)7(8)10-5;1-2/h3H,1-2H3,(H2,8,10);1-2H3. The molecule has 2 rings (SSSR count). The number of aryl methyl sites for hydroxylation is 1. The molecular formula is C9H15N5O. The predicted octanol–water partition coefficient (Wildman–Crippen LogP) is 0.275. The van der Waals surface area contributed by atoms with E-state index in [1.165, 1.54) is 4.57 Å². The molecule has 0 aliphatic carbocycles. The lowest BCUT2D eigenvalue weighted by molar-refractivity contribution is 0.843. The molecule has 15 heavy (non-hydrogen) atoms. The van der Waals surface area contributed by atoms with Crippen molar-refractivity contribution < 1.29 is 0 Å². The zero-order valence-corrected chi connectivity index (χ0v) is 9.35. The maximum absolute atomic E-state index is 11.6. The minimum absolute atomic E-state index is 0.177. The van der Waals surface area contributed by atoms with Crippen molar-refractivity contribution in [1.29, 1.82) is 0 Å². The Morgan fingerprint density at radius 2 is 1.93 bits per heavy atom. The first-order valence-electron chi connectivity index (χ1n) is 4.75. The molecule has 0 amide bonds. The molecule has 2 N–H and O–H groups in total. The van der Waals surface area contributed by atoms with Gasteiger partial charge in [-0.05, 0) is 0 Å². The number of hydrogen-bond donors (Lipinski definition) is 1. The number of fused-ring (bicyclic) bond motifs is 1. The first-order chi connectivity index (χ1) is 7.11. The van der Waals surface area contributed by atoms with E-state index in [0.29, 0.717) is 11.2 Å². The number of imidazole rings is 1. The third-order valence-corrected chi connectivity index (χ3v) is 1.99. The average molecular weight is 209 g/mol. The molecule has 0 radical (unpaired) electrons. The SMILES string of the molecule is CC.Cn1c(N)nc2ncn(C)c2c1=O. The normalized spacial score (nSPS) is 9.87. The van der Waals surface area contributed by atoms with Gasteiger partial charge in [0, 0.05) is 14.1 Å². The summed E-state index contributed by atoms with van der Waals surface area (Å²) in [5, 5.41) is 0. The highest BCUT2D eigenvalue weighted by atomic mass is 16.1. The summed E-state index contributed by atoms with van der Waals surface area (Å²) < 4.78 is 2.92. The molecule has 0 aliphatic heterocycles. The highest BCUT2D eigenvalue weighted by molar-refractivity contribution is 5.70. The maximum Gasteiger partial charge on any atom is 0.280 e. The quantitative estimate of drug-likeness (QED) is 0.675. The lowest BCUT2D eigenvalue weighted by atomic mass is 10.5. The van der Waals surface area contributed by atoms with Crippen LogP contribution in [-0.2, 0) is 14.1 Å². The van der Waals surface area contributed by atoms with Crippen molar-refractivity contribution >= 4 is 17.1 Å². The molecule has 0 spiro atoms. The molecule has 0 fully saturated rings. The first kappa shape index (κ1) is 11.2. The molecule has 6 nitrogen and oxygen atoms in total. The van der Waals surface area contributed by atoms with Gasteiger partial charge in [0.2, 0.25) is 5.95 Å². The Morgan fingerprint density at radius 3 is 2.53 bits per heavy atom. The zero-order chi connectivity index (χ0) is 11.6. The summed E-state index contributed by atoms with van der Waals surface area (Å²) in [5.41, 5.74) is 6.18. The predicted molar refractivity (Wildman–Crippen MR) is 59.5 cm³/mol. The summed E-state index contributed by atoms with van der Waals surface area (Å²) in [6.45, 7) is 4.00. The Balaban J connectivity index is 0.000000531. The van der Waals surface area contributed by atoms with E-state index in [-0.39, 0.29) is 11.5 Å². The van der Waals surface area contributed by atoms with E-state index < -0.39 is 0 Å². The van der Waals surface area contributed by atoms with Gasteiger partial charge in [0.15, 0.2) is 11.2 Å². The third-order valence-electron chi connectivity index (χ3n) is 1.99. The van der Waals surface area contributed by atoms with E-state index in [1.807, 2.05) is 13.8 Å². The van der Waals surface area contributed by atoms with E-state index in [0.717, 1.165) is 0 Å². The minimum Gasteiger partial charge on any atom is -0.369 e. The van der Waals surface area contributed by atoms with Gasteiger partial charge in [-0.25, -0.2) is 4.98 Å². The fraction of sp³-hybridized carbons (Fsp3) is 0.444. The fourth-order valence-electron chi connectivity index (χ4n) is 1.19. The highest BCUT2D eigenvalue weighted by Crippen LogP contribution is 2.04. The van der Waals surface area contributed by atoms with Crippen LogP contribution in [0.4, 0.5) is 5.95 Å². The minimum atomic E-state index is -0.178. The van der Waals surface area contributed by atoms with E-state index >= 15 is 0 Å². The van der Waals surface area contributed by atoms with Crippen LogP contribution in [0.5, 0.6) is 0 Å². The van der Waals surface area contributed by atoms with Crippen molar-refractivity contribution in [3.05, 3.63) is 16.7 Å². The second kappa shape index (κ2) is 4.12. The van der Waals surface area contributed by atoms with Gasteiger partial charge in [0.1, 0.15) is 0 Å². The summed E-state index contributed by atoms with van der Waals surface area (Å²) >= 11 is 0. The van der Waals surface area contributed by atoms with E-state index in [2.05, 4.69) is 9.97 Å². The van der Waals surface area contributed by atoms with E-state index in [1.54, 1.807) is 25.0 Å². The van der Waals surface area contributed by atoms with Crippen LogP contribution in [0.3, 0.4) is 0 Å². The van der Waals surface area contributed by atoms with Crippen LogP contribution in [-0.4, -0.2) is 19.1 Å². The molecule has 2 aromatic rings. The summed E-state index contributed by atoms with van der Waals surface area (Å²) in [6, 6.07) is 0. The molecule has 0 aromatic carbocycles. The second-order valence-electron chi connectivity index (χ2n) is 2.86. The largest absolute Gasteiger partial charge is 0.369 e. The number of nitrogens with zero attached hydrogens (tertiary/aromatic N) is 4. The number of aromatic nitrogens is 4. The topological polar surface area (TPSA) is 78.7 Å². The summed E-state index contributed by atoms with van der Waals surface area (Å²) in [6.07, 6.45) is 1.54. The fourth-order valence-corrected chi connectivity index (χ4v) is 1.19. The summed E-state index contributed by atoms with van der Waals surface area (Å²) in [4.78, 5) is 19.5. The van der Waals surface area contributed by atoms with E-state index in [4.69, 9.17) is 5.73 Å². The number of nitrogens with two attached hydrogens (primary N) is 1. The van der Waals surface area contributed by atoms with Crippen LogP contribution in [0.2, 0.25) is 0 Å². The van der Waals surface area contributed by atoms with Crippen molar-refractivity contribution in [1.82, 2.24) is 19.1 Å². The highest BCUT2D eigenvalue weighted by Gasteiger charge is 2.09. The zero-order valence-electron chi connectivity index (χ0n) is 9.35. The van der Waals surface area contributed by atoms with Gasteiger partial charge >= 0.3 is 0 Å². The number of hydrogen-bond acceptors (Lipinski definition) is 4. The number of rotatable bonds is 0. The first-order valence-corrected chi connectivity index (χ1v) is 4.75. The lowest BCUT2D eigenvalue weighted by Crippen LogP contribution is -2.22. The van der Waals surface area contributed by atoms with Gasteiger partial charge in [-0.15, -0.1) is 0 Å². The van der Waals surface area contributed by atoms with Gasteiger partial charge in [-0.1, -0.05) is 13.8 Å². The van der Waals surface area contributed by atoms with Crippen LogP contribution in [0.25, 0.3) is 11.2 Å². The van der Waals surface area contributed by atoms with Gasteiger partial charge in [0.25, 0.3) is 5.56 Å². The molecule has 0 aliphatic rings. The third kappa shape index (κ3) is 1.70. The Labute approximate surface area is 87.4 Å². The molecule has 2 heterocycles. The Bertz CT molecular complexity index is 525. The molecule has 6 heteroatoms. The van der Waals surface area contributed by atoms with Crippen molar-refractivity contribution in [3.8, 4) is 0 Å². The van der Waals surface area contributed by atoms with Crippen LogP contribution < -0.4 is 11.3 Å². The lowest BCUT2D eigenvalue weighted by Gasteiger charge is -2.01. The van der Waals surface area contributed by atoms with E-state index in [9.17, 15) is 4.79 Å². The summed E-state index contributed by atoms with van der Waals surface area (Å²) in [5.74, 6) is 0.177. The molecule has 0 bridgehead atoms. The summed E-state index contributed by atoms with van der Waals surface area (Å²) in [7, 11) is 3.33. The Morgan fingerprint density at radius 1 is 1.33 bits per heavy atom. The molecule has 0 unspecified atom stereocenters. The van der Waals surface area contributed by atoms with Crippen LogP contribution in [0.1, 0.15) is 13.8 Å².